The number of nitrogens with two attached hydrogens (primary N) is 1. The molecule has 3 N–H and O–H groups in total. The van der Waals surface area contributed by atoms with Crippen molar-refractivity contribution in [1.82, 2.24) is 4.90 Å². The van der Waals surface area contributed by atoms with Crippen molar-refractivity contribution in [1.29, 1.82) is 0 Å². The summed E-state index contributed by atoms with van der Waals surface area (Å²) in [7, 11) is -10.4. The van der Waals surface area contributed by atoms with E-state index < -0.39 is 46.9 Å². The van der Waals surface area contributed by atoms with Crippen molar-refractivity contribution >= 4 is 37.3 Å². The van der Waals surface area contributed by atoms with E-state index in [2.05, 4.69) is 10.2 Å². The Hall–Kier alpha value is -1.80. The minimum Gasteiger partial charge on any atom is -0.379 e. The summed E-state index contributed by atoms with van der Waals surface area (Å²) >= 11 is 1.41. The highest BCUT2D eigenvalue weighted by Crippen LogP contribution is 2.38. The number of primary sulfonamides is 1. The fourth-order valence-electron chi connectivity index (χ4n) is 3.23. The molecular formula is C21H28F3N3O4S3. The van der Waals surface area contributed by atoms with Gasteiger partial charge in [0.15, 0.2) is 0 Å². The molecule has 1 atom stereocenters. The standard InChI is InChI=1S/C21H28F3N3O4S3/c1-3-27(4-2)14-13-16(15-32-17-9-6-5-7-10-17)26-20-18(33(28,29)21(22,23)24)11-8-12-19(20)34(25,30)31/h5-12,16,26H,3-4,13-15H2,1-2H3,(H2,25,30,31)/t16-/m1/s1. The Kier molecular flexibility index (Phi) is 9.83. The van der Waals surface area contributed by atoms with Crippen molar-refractivity contribution in [3.05, 3.63) is 48.5 Å². The van der Waals surface area contributed by atoms with E-state index in [0.717, 1.165) is 36.2 Å². The van der Waals surface area contributed by atoms with E-state index >= 15 is 0 Å². The van der Waals surface area contributed by atoms with E-state index in [1.165, 1.54) is 11.8 Å². The van der Waals surface area contributed by atoms with Crippen molar-refractivity contribution in [2.75, 3.05) is 30.7 Å². The van der Waals surface area contributed by atoms with Crippen LogP contribution in [0.5, 0.6) is 0 Å². The monoisotopic (exact) mass is 539 g/mol. The van der Waals surface area contributed by atoms with Crippen LogP contribution in [0.2, 0.25) is 0 Å². The maximum atomic E-state index is 13.4. The molecule has 0 aliphatic rings. The number of sulfone groups is 1. The molecule has 0 aromatic heterocycles. The van der Waals surface area contributed by atoms with Gasteiger partial charge in [-0.3, -0.25) is 0 Å². The first-order valence-electron chi connectivity index (χ1n) is 10.4. The zero-order valence-corrected chi connectivity index (χ0v) is 21.2. The van der Waals surface area contributed by atoms with Crippen molar-refractivity contribution in [3.63, 3.8) is 0 Å². The third-order valence-corrected chi connectivity index (χ3v) is 8.78. The molecule has 2 aromatic rings. The highest BCUT2D eigenvalue weighted by atomic mass is 32.2. The lowest BCUT2D eigenvalue weighted by molar-refractivity contribution is -0.0435. The average molecular weight is 540 g/mol. The highest BCUT2D eigenvalue weighted by molar-refractivity contribution is 7.99. The van der Waals surface area contributed by atoms with Gasteiger partial charge in [-0.05, 0) is 43.8 Å². The molecule has 0 fully saturated rings. The number of benzene rings is 2. The molecule has 0 aliphatic carbocycles. The Morgan fingerprint density at radius 3 is 2.09 bits per heavy atom. The molecule has 0 spiro atoms. The summed E-state index contributed by atoms with van der Waals surface area (Å²) in [6.07, 6.45) is 0.423. The number of hydrogen-bond donors (Lipinski definition) is 2. The van der Waals surface area contributed by atoms with Crippen LogP contribution in [0.4, 0.5) is 18.9 Å². The molecule has 0 bridgehead atoms. The number of halogens is 3. The molecule has 0 amide bonds. The van der Waals surface area contributed by atoms with Crippen molar-refractivity contribution in [2.24, 2.45) is 5.14 Å². The predicted molar refractivity (Wildman–Crippen MR) is 128 cm³/mol. The predicted octanol–water partition coefficient (Wildman–Crippen LogP) is 3.93. The Labute approximate surface area is 202 Å². The summed E-state index contributed by atoms with van der Waals surface area (Å²) in [6.45, 7) is 6.00. The lowest BCUT2D eigenvalue weighted by Gasteiger charge is -2.26. The van der Waals surface area contributed by atoms with Gasteiger partial charge in [-0.25, -0.2) is 22.0 Å². The molecule has 190 valence electrons. The SMILES string of the molecule is CCN(CC)CC[C@H](CSc1ccccc1)Nc1c(S(N)(=O)=O)cccc1S(=O)(=O)C(F)(F)F. The van der Waals surface area contributed by atoms with Crippen LogP contribution < -0.4 is 10.5 Å². The number of alkyl halides is 3. The second-order valence-electron chi connectivity index (χ2n) is 7.40. The number of sulfonamides is 1. The smallest absolute Gasteiger partial charge is 0.379 e. The average Bonchev–Trinajstić information content (AvgIpc) is 2.77. The summed E-state index contributed by atoms with van der Waals surface area (Å²) in [5.41, 5.74) is -6.28. The molecule has 0 radical (unpaired) electrons. The van der Waals surface area contributed by atoms with Crippen LogP contribution in [0, 0.1) is 0 Å². The topological polar surface area (TPSA) is 110 Å². The number of nitrogens with one attached hydrogen (secondary N) is 1. The Bertz CT molecular complexity index is 1150. The van der Waals surface area contributed by atoms with E-state index in [4.69, 9.17) is 5.14 Å². The maximum Gasteiger partial charge on any atom is 0.501 e. The van der Waals surface area contributed by atoms with Gasteiger partial charge in [0.25, 0.3) is 9.84 Å². The van der Waals surface area contributed by atoms with Crippen molar-refractivity contribution < 1.29 is 30.0 Å². The first-order valence-corrected chi connectivity index (χ1v) is 14.5. The molecule has 7 nitrogen and oxygen atoms in total. The molecule has 34 heavy (non-hydrogen) atoms. The molecule has 0 saturated carbocycles. The van der Waals surface area contributed by atoms with Crippen LogP contribution in [0.3, 0.4) is 0 Å². The van der Waals surface area contributed by atoms with Gasteiger partial charge in [0.05, 0.1) is 5.69 Å². The number of hydrogen-bond acceptors (Lipinski definition) is 7. The van der Waals surface area contributed by atoms with Gasteiger partial charge in [-0.1, -0.05) is 38.1 Å². The molecule has 0 saturated heterocycles. The third-order valence-electron chi connectivity index (χ3n) is 5.12. The first kappa shape index (κ1) is 28.4. The summed E-state index contributed by atoms with van der Waals surface area (Å²) < 4.78 is 88.9. The van der Waals surface area contributed by atoms with E-state index in [1.54, 1.807) is 0 Å². The molecule has 0 unspecified atom stereocenters. The first-order chi connectivity index (χ1) is 15.8. The highest BCUT2D eigenvalue weighted by Gasteiger charge is 2.48. The molecule has 2 rings (SSSR count). The van der Waals surface area contributed by atoms with Crippen LogP contribution in [-0.2, 0) is 19.9 Å². The van der Waals surface area contributed by atoms with E-state index in [9.17, 15) is 30.0 Å². The summed E-state index contributed by atoms with van der Waals surface area (Å²) in [4.78, 5) is 1.11. The van der Waals surface area contributed by atoms with E-state index in [-0.39, 0.29) is 0 Å². The van der Waals surface area contributed by atoms with Crippen LogP contribution in [0.25, 0.3) is 0 Å². The van der Waals surface area contributed by atoms with Gasteiger partial charge in [0, 0.05) is 23.2 Å². The normalized spacial score (nSPS) is 13.7. The summed E-state index contributed by atoms with van der Waals surface area (Å²) in [5.74, 6) is 0.343. The van der Waals surface area contributed by atoms with Gasteiger partial charge in [0.2, 0.25) is 10.0 Å². The summed E-state index contributed by atoms with van der Waals surface area (Å²) in [6, 6.07) is 11.3. The van der Waals surface area contributed by atoms with Gasteiger partial charge in [-0.15, -0.1) is 11.8 Å². The number of rotatable bonds is 12. The minimum atomic E-state index is -5.84. The van der Waals surface area contributed by atoms with Crippen LogP contribution in [0.15, 0.2) is 63.2 Å². The number of anilines is 1. The second kappa shape index (κ2) is 11.8. The number of nitrogens with zero attached hydrogens (tertiary/aromatic N) is 1. The third kappa shape index (κ3) is 7.35. The Morgan fingerprint density at radius 2 is 1.56 bits per heavy atom. The molecular weight excluding hydrogens is 511 g/mol. The largest absolute Gasteiger partial charge is 0.501 e. The molecule has 2 aromatic carbocycles. The lowest BCUT2D eigenvalue weighted by atomic mass is 10.2. The fraction of sp³-hybridized carbons (Fsp3) is 0.429. The van der Waals surface area contributed by atoms with Crippen LogP contribution in [-0.4, -0.2) is 58.7 Å². The lowest BCUT2D eigenvalue weighted by Crippen LogP contribution is -2.33. The molecule has 13 heteroatoms. The quantitative estimate of drug-likeness (QED) is 0.393. The number of thioether (sulfide) groups is 1. The zero-order valence-electron chi connectivity index (χ0n) is 18.7. The molecule has 0 heterocycles. The van der Waals surface area contributed by atoms with Gasteiger partial charge >= 0.3 is 5.51 Å². The molecule has 0 aliphatic heterocycles. The van der Waals surface area contributed by atoms with Crippen LogP contribution >= 0.6 is 11.8 Å². The second-order valence-corrected chi connectivity index (χ2v) is 11.9. The summed E-state index contributed by atoms with van der Waals surface area (Å²) in [5, 5.41) is 8.02. The Balaban J connectivity index is 2.51. The van der Waals surface area contributed by atoms with Crippen molar-refractivity contribution in [2.45, 2.75) is 46.5 Å². The minimum absolute atomic E-state index is 0.343. The van der Waals surface area contributed by atoms with Crippen LogP contribution in [0.1, 0.15) is 20.3 Å². The van der Waals surface area contributed by atoms with Crippen molar-refractivity contribution in [3.8, 4) is 0 Å². The number of para-hydroxylation sites is 1. The van der Waals surface area contributed by atoms with Gasteiger partial charge in [0.1, 0.15) is 9.79 Å². The Morgan fingerprint density at radius 1 is 0.971 bits per heavy atom. The van der Waals surface area contributed by atoms with Gasteiger partial charge < -0.3 is 10.2 Å². The fourth-order valence-corrected chi connectivity index (χ4v) is 5.96. The maximum absolute atomic E-state index is 13.4. The van der Waals surface area contributed by atoms with Gasteiger partial charge in [-0.2, -0.15) is 13.2 Å². The van der Waals surface area contributed by atoms with E-state index in [1.807, 2.05) is 44.2 Å². The van der Waals surface area contributed by atoms with E-state index in [0.29, 0.717) is 18.7 Å². The zero-order chi connectivity index (χ0) is 25.6.